The molecule has 0 atom stereocenters. The van der Waals surface area contributed by atoms with Gasteiger partial charge in [0.15, 0.2) is 0 Å². The van der Waals surface area contributed by atoms with Crippen molar-refractivity contribution in [1.29, 1.82) is 0 Å². The second kappa shape index (κ2) is 12.7. The third-order valence-corrected chi connectivity index (χ3v) is 3.47. The van der Waals surface area contributed by atoms with Crippen molar-refractivity contribution in [2.75, 3.05) is 50.8 Å². The Morgan fingerprint density at radius 2 is 1.95 bits per heavy atom. The van der Waals surface area contributed by atoms with Crippen molar-refractivity contribution < 1.29 is 4.79 Å². The average molecular weight is 344 g/mol. The summed E-state index contributed by atoms with van der Waals surface area (Å²) in [4.78, 5) is 22.0. The summed E-state index contributed by atoms with van der Waals surface area (Å²) in [7, 11) is 0. The van der Waals surface area contributed by atoms with E-state index in [1.54, 1.807) is 6.20 Å². The Labute approximate surface area is 143 Å². The summed E-state index contributed by atoms with van der Waals surface area (Å²) >= 11 is 8.46. The Balaban J connectivity index is 2.18. The third-order valence-electron chi connectivity index (χ3n) is 3.04. The quantitative estimate of drug-likeness (QED) is 0.326. The first-order valence-corrected chi connectivity index (χ1v) is 8.73. The van der Waals surface area contributed by atoms with Crippen LogP contribution in [0.2, 0.25) is 0 Å². The number of hydrogen-bond donors (Lipinski definition) is 4. The first-order valence-electron chi connectivity index (χ1n) is 7.47. The highest BCUT2D eigenvalue weighted by Crippen LogP contribution is 1.94. The van der Waals surface area contributed by atoms with Crippen molar-refractivity contribution in [3.8, 4) is 0 Å². The van der Waals surface area contributed by atoms with Crippen molar-refractivity contribution >= 4 is 31.2 Å². The van der Waals surface area contributed by atoms with Crippen LogP contribution >= 0.6 is 25.3 Å². The van der Waals surface area contributed by atoms with E-state index in [1.165, 1.54) is 12.4 Å². The van der Waals surface area contributed by atoms with Crippen LogP contribution in [0.5, 0.6) is 0 Å². The van der Waals surface area contributed by atoms with Crippen LogP contribution in [0.3, 0.4) is 0 Å². The van der Waals surface area contributed by atoms with E-state index in [2.05, 4.69) is 50.8 Å². The summed E-state index contributed by atoms with van der Waals surface area (Å²) in [5.41, 5.74) is 0.352. The second-order valence-corrected chi connectivity index (χ2v) is 5.63. The molecule has 1 rings (SSSR count). The van der Waals surface area contributed by atoms with E-state index in [-0.39, 0.29) is 5.91 Å². The van der Waals surface area contributed by atoms with Gasteiger partial charge < -0.3 is 15.5 Å². The predicted octanol–water partition coefficient (Wildman–Crippen LogP) is 0.348. The molecule has 6 nitrogen and oxygen atoms in total. The molecule has 0 radical (unpaired) electrons. The molecule has 1 aromatic heterocycles. The van der Waals surface area contributed by atoms with Crippen LogP contribution in [0.15, 0.2) is 18.6 Å². The zero-order chi connectivity index (χ0) is 16.0. The highest BCUT2D eigenvalue weighted by atomic mass is 32.1. The summed E-state index contributed by atoms with van der Waals surface area (Å²) in [6, 6.07) is 0. The minimum absolute atomic E-state index is 0.177. The minimum Gasteiger partial charge on any atom is -0.351 e. The first-order chi connectivity index (χ1) is 10.8. The van der Waals surface area contributed by atoms with Crippen molar-refractivity contribution in [1.82, 2.24) is 25.5 Å². The van der Waals surface area contributed by atoms with Crippen LogP contribution in [-0.4, -0.2) is 71.5 Å². The van der Waals surface area contributed by atoms with Crippen molar-refractivity contribution in [2.45, 2.75) is 6.42 Å². The topological polar surface area (TPSA) is 70.2 Å². The van der Waals surface area contributed by atoms with Crippen molar-refractivity contribution in [3.05, 3.63) is 24.3 Å². The number of rotatable bonds is 12. The average Bonchev–Trinajstić information content (AvgIpc) is 2.56. The molecule has 124 valence electrons. The monoisotopic (exact) mass is 343 g/mol. The fourth-order valence-corrected chi connectivity index (χ4v) is 2.37. The van der Waals surface area contributed by atoms with Crippen molar-refractivity contribution in [3.63, 3.8) is 0 Å². The van der Waals surface area contributed by atoms with Gasteiger partial charge in [0, 0.05) is 56.6 Å². The van der Waals surface area contributed by atoms with Gasteiger partial charge in [0.2, 0.25) is 0 Å². The molecule has 0 saturated carbocycles. The van der Waals surface area contributed by atoms with Crippen LogP contribution < -0.4 is 10.6 Å². The van der Waals surface area contributed by atoms with Crippen LogP contribution in [0, 0.1) is 0 Å². The molecule has 0 aliphatic heterocycles. The second-order valence-electron chi connectivity index (χ2n) is 4.74. The maximum atomic E-state index is 11.8. The van der Waals surface area contributed by atoms with Gasteiger partial charge in [-0.1, -0.05) is 0 Å². The lowest BCUT2D eigenvalue weighted by Gasteiger charge is -2.21. The van der Waals surface area contributed by atoms with E-state index in [9.17, 15) is 4.79 Å². The molecule has 0 aliphatic rings. The summed E-state index contributed by atoms with van der Waals surface area (Å²) in [6.45, 7) is 5.36. The lowest BCUT2D eigenvalue weighted by atomic mass is 10.3. The highest BCUT2D eigenvalue weighted by Gasteiger charge is 2.07. The van der Waals surface area contributed by atoms with Gasteiger partial charge in [-0.25, -0.2) is 4.98 Å². The summed E-state index contributed by atoms with van der Waals surface area (Å²) < 4.78 is 0. The number of aromatic nitrogens is 2. The number of hydrogen-bond acceptors (Lipinski definition) is 7. The van der Waals surface area contributed by atoms with Crippen LogP contribution in [0.25, 0.3) is 0 Å². The fourth-order valence-electron chi connectivity index (χ4n) is 1.93. The molecule has 8 heteroatoms. The Morgan fingerprint density at radius 1 is 1.09 bits per heavy atom. The van der Waals surface area contributed by atoms with Gasteiger partial charge in [0.25, 0.3) is 5.91 Å². The molecular formula is C14H25N5OS2. The van der Waals surface area contributed by atoms with Crippen LogP contribution in [-0.2, 0) is 0 Å². The third kappa shape index (κ3) is 8.57. The van der Waals surface area contributed by atoms with Crippen LogP contribution in [0.1, 0.15) is 16.9 Å². The molecule has 0 fully saturated rings. The lowest BCUT2D eigenvalue weighted by Crippen LogP contribution is -2.36. The van der Waals surface area contributed by atoms with Gasteiger partial charge in [0.1, 0.15) is 5.69 Å². The number of amides is 1. The van der Waals surface area contributed by atoms with Crippen molar-refractivity contribution in [2.24, 2.45) is 0 Å². The molecule has 0 saturated heterocycles. The van der Waals surface area contributed by atoms with E-state index in [1.807, 2.05) is 0 Å². The maximum absolute atomic E-state index is 11.8. The molecule has 0 spiro atoms. The lowest BCUT2D eigenvalue weighted by molar-refractivity contribution is 0.0946. The van der Waals surface area contributed by atoms with Gasteiger partial charge in [0.05, 0.1) is 6.20 Å². The number of nitrogens with zero attached hydrogens (tertiary/aromatic N) is 3. The Kier molecular flexibility index (Phi) is 11.1. The van der Waals surface area contributed by atoms with E-state index in [0.717, 1.165) is 50.7 Å². The number of carbonyl (C=O) groups excluding carboxylic acids is 1. The fraction of sp³-hybridized carbons (Fsp3) is 0.643. The van der Waals surface area contributed by atoms with Gasteiger partial charge >= 0.3 is 0 Å². The SMILES string of the molecule is O=C(NCCCN(CCS)CCNCCS)c1cnccn1. The maximum Gasteiger partial charge on any atom is 0.271 e. The summed E-state index contributed by atoms with van der Waals surface area (Å²) in [5, 5.41) is 6.19. The molecule has 1 heterocycles. The van der Waals surface area contributed by atoms with E-state index < -0.39 is 0 Å². The largest absolute Gasteiger partial charge is 0.351 e. The van der Waals surface area contributed by atoms with Crippen LogP contribution in [0.4, 0.5) is 0 Å². The Bertz CT molecular complexity index is 407. The number of thiol groups is 2. The molecule has 1 aromatic rings. The van der Waals surface area contributed by atoms with Gasteiger partial charge in [-0.15, -0.1) is 0 Å². The molecule has 0 aliphatic carbocycles. The van der Waals surface area contributed by atoms with E-state index in [4.69, 9.17) is 0 Å². The molecule has 22 heavy (non-hydrogen) atoms. The normalized spacial score (nSPS) is 10.9. The predicted molar refractivity (Wildman–Crippen MR) is 96.0 cm³/mol. The highest BCUT2D eigenvalue weighted by molar-refractivity contribution is 7.80. The van der Waals surface area contributed by atoms with Gasteiger partial charge in [-0.3, -0.25) is 9.78 Å². The number of nitrogens with one attached hydrogen (secondary N) is 2. The number of carbonyl (C=O) groups is 1. The van der Waals surface area contributed by atoms with Gasteiger partial charge in [-0.05, 0) is 13.0 Å². The molecule has 2 N–H and O–H groups in total. The molecule has 1 amide bonds. The Hall–Kier alpha value is -0.830. The molecule has 0 bridgehead atoms. The molecular weight excluding hydrogens is 318 g/mol. The standard InChI is InChI=1S/C14H25N5OS2/c20-14(13-12-16-3-4-17-13)18-2-1-7-19(9-11-22)8-5-15-6-10-21/h3-4,12,15,21-22H,1-2,5-11H2,(H,18,20). The Morgan fingerprint density at radius 3 is 2.64 bits per heavy atom. The van der Waals surface area contributed by atoms with E-state index in [0.29, 0.717) is 12.2 Å². The minimum atomic E-state index is -0.177. The summed E-state index contributed by atoms with van der Waals surface area (Å²) in [5.74, 6) is 1.50. The molecule has 0 aromatic carbocycles. The first kappa shape index (κ1) is 19.2. The summed E-state index contributed by atoms with van der Waals surface area (Å²) in [6.07, 6.45) is 5.43. The molecule has 0 unspecified atom stereocenters. The zero-order valence-electron chi connectivity index (χ0n) is 12.7. The smallest absolute Gasteiger partial charge is 0.271 e. The van der Waals surface area contributed by atoms with E-state index >= 15 is 0 Å². The van der Waals surface area contributed by atoms with Gasteiger partial charge in [-0.2, -0.15) is 25.3 Å². The zero-order valence-corrected chi connectivity index (χ0v) is 14.5.